The SMILES string of the molecule is Fc1ccc(Br)cc1/C=N\n1c(-c2ccncc2)n[nH]c1=S. The standard InChI is InChI=1S/C14H9BrFN5S/c15-11-1-2-12(16)10(7-11)8-18-21-13(19-20-14(21)22)9-3-5-17-6-4-9/h1-8H,(H,20,22)/b18-8-. The quantitative estimate of drug-likeness (QED) is 0.557. The third kappa shape index (κ3) is 3.02. The van der Waals surface area contributed by atoms with Gasteiger partial charge in [0.15, 0.2) is 5.82 Å². The molecule has 0 aliphatic carbocycles. The highest BCUT2D eigenvalue weighted by Crippen LogP contribution is 2.17. The van der Waals surface area contributed by atoms with Gasteiger partial charge < -0.3 is 0 Å². The molecule has 0 saturated carbocycles. The van der Waals surface area contributed by atoms with Crippen LogP contribution in [-0.2, 0) is 0 Å². The van der Waals surface area contributed by atoms with Crippen molar-refractivity contribution < 1.29 is 4.39 Å². The van der Waals surface area contributed by atoms with Gasteiger partial charge in [-0.1, -0.05) is 15.9 Å². The van der Waals surface area contributed by atoms with E-state index in [2.05, 4.69) is 36.2 Å². The molecule has 0 saturated heterocycles. The third-order valence-corrected chi connectivity index (χ3v) is 3.62. The zero-order valence-electron chi connectivity index (χ0n) is 11.1. The second-order valence-electron chi connectivity index (χ2n) is 4.31. The Balaban J connectivity index is 2.03. The summed E-state index contributed by atoms with van der Waals surface area (Å²) in [6, 6.07) is 8.20. The number of rotatable bonds is 3. The summed E-state index contributed by atoms with van der Waals surface area (Å²) in [6.07, 6.45) is 4.69. The molecule has 1 N–H and O–H groups in total. The van der Waals surface area contributed by atoms with Crippen LogP contribution in [0, 0.1) is 10.6 Å². The lowest BCUT2D eigenvalue weighted by Crippen LogP contribution is -1.96. The first-order valence-corrected chi connectivity index (χ1v) is 7.42. The minimum absolute atomic E-state index is 0.318. The molecule has 110 valence electrons. The van der Waals surface area contributed by atoms with Gasteiger partial charge in [0.1, 0.15) is 5.82 Å². The number of aromatic amines is 1. The molecule has 0 unspecified atom stereocenters. The third-order valence-electron chi connectivity index (χ3n) is 2.86. The van der Waals surface area contributed by atoms with Crippen molar-refractivity contribution in [2.24, 2.45) is 5.10 Å². The fourth-order valence-corrected chi connectivity index (χ4v) is 2.38. The predicted molar refractivity (Wildman–Crippen MR) is 87.7 cm³/mol. The lowest BCUT2D eigenvalue weighted by atomic mass is 10.2. The maximum absolute atomic E-state index is 13.7. The van der Waals surface area contributed by atoms with Crippen LogP contribution in [0.5, 0.6) is 0 Å². The van der Waals surface area contributed by atoms with E-state index in [-0.39, 0.29) is 5.82 Å². The van der Waals surface area contributed by atoms with Crippen molar-refractivity contribution in [3.63, 3.8) is 0 Å². The second-order valence-corrected chi connectivity index (χ2v) is 5.61. The molecule has 8 heteroatoms. The summed E-state index contributed by atoms with van der Waals surface area (Å²) in [4.78, 5) is 3.96. The number of H-pyrrole nitrogens is 1. The van der Waals surface area contributed by atoms with Crippen molar-refractivity contribution >= 4 is 34.4 Å². The van der Waals surface area contributed by atoms with Crippen LogP contribution >= 0.6 is 28.1 Å². The number of nitrogens with zero attached hydrogens (tertiary/aromatic N) is 4. The zero-order chi connectivity index (χ0) is 15.5. The fraction of sp³-hybridized carbons (Fsp3) is 0. The normalized spacial score (nSPS) is 11.2. The molecule has 22 heavy (non-hydrogen) atoms. The molecule has 0 bridgehead atoms. The summed E-state index contributed by atoms with van der Waals surface area (Å²) < 4.78 is 16.3. The molecule has 2 aromatic heterocycles. The van der Waals surface area contributed by atoms with Crippen molar-refractivity contribution in [2.45, 2.75) is 0 Å². The van der Waals surface area contributed by atoms with Crippen molar-refractivity contribution in [3.05, 3.63) is 63.3 Å². The van der Waals surface area contributed by atoms with E-state index < -0.39 is 0 Å². The van der Waals surface area contributed by atoms with Gasteiger partial charge in [-0.15, -0.1) is 0 Å². The monoisotopic (exact) mass is 377 g/mol. The van der Waals surface area contributed by atoms with Crippen LogP contribution in [0.1, 0.15) is 5.56 Å². The summed E-state index contributed by atoms with van der Waals surface area (Å²) in [5, 5.41) is 11.0. The van der Waals surface area contributed by atoms with Gasteiger partial charge in [0.2, 0.25) is 4.77 Å². The molecule has 0 radical (unpaired) electrons. The molecular formula is C14H9BrFN5S. The average molecular weight is 378 g/mol. The Morgan fingerprint density at radius 3 is 2.82 bits per heavy atom. The highest BCUT2D eigenvalue weighted by atomic mass is 79.9. The van der Waals surface area contributed by atoms with Crippen LogP contribution in [0.3, 0.4) is 0 Å². The van der Waals surface area contributed by atoms with Gasteiger partial charge in [-0.2, -0.15) is 14.9 Å². The lowest BCUT2D eigenvalue weighted by molar-refractivity contribution is 0.625. The van der Waals surface area contributed by atoms with E-state index in [1.54, 1.807) is 36.7 Å². The maximum atomic E-state index is 13.7. The number of aromatic nitrogens is 4. The van der Waals surface area contributed by atoms with Gasteiger partial charge in [-0.25, -0.2) is 9.49 Å². The Morgan fingerprint density at radius 1 is 1.27 bits per heavy atom. The Hall–Kier alpha value is -2.19. The van der Waals surface area contributed by atoms with Gasteiger partial charge >= 0.3 is 0 Å². The van der Waals surface area contributed by atoms with E-state index in [4.69, 9.17) is 12.2 Å². The number of halogens is 2. The minimum atomic E-state index is -0.368. The van der Waals surface area contributed by atoms with E-state index in [9.17, 15) is 4.39 Å². The maximum Gasteiger partial charge on any atom is 0.216 e. The molecule has 2 heterocycles. The molecule has 0 amide bonds. The molecule has 1 aromatic carbocycles. The molecule has 5 nitrogen and oxygen atoms in total. The van der Waals surface area contributed by atoms with E-state index in [0.717, 1.165) is 10.0 Å². The average Bonchev–Trinajstić information content (AvgIpc) is 2.90. The van der Waals surface area contributed by atoms with Gasteiger partial charge in [0.05, 0.1) is 6.21 Å². The number of nitrogens with one attached hydrogen (secondary N) is 1. The highest BCUT2D eigenvalue weighted by molar-refractivity contribution is 9.10. The van der Waals surface area contributed by atoms with Gasteiger partial charge in [0, 0.05) is 28.0 Å². The summed E-state index contributed by atoms with van der Waals surface area (Å²) in [5.41, 5.74) is 1.15. The first kappa shape index (κ1) is 14.7. The first-order valence-electron chi connectivity index (χ1n) is 6.22. The number of hydrogen-bond acceptors (Lipinski definition) is 4. The van der Waals surface area contributed by atoms with Crippen molar-refractivity contribution in [1.29, 1.82) is 0 Å². The van der Waals surface area contributed by atoms with Crippen molar-refractivity contribution in [1.82, 2.24) is 19.9 Å². The lowest BCUT2D eigenvalue weighted by Gasteiger charge is -2.01. The van der Waals surface area contributed by atoms with Crippen LogP contribution in [0.2, 0.25) is 0 Å². The molecule has 3 rings (SSSR count). The molecule has 3 aromatic rings. The largest absolute Gasteiger partial charge is 0.265 e. The molecular weight excluding hydrogens is 369 g/mol. The molecule has 0 aliphatic rings. The molecule has 0 fully saturated rings. The van der Waals surface area contributed by atoms with E-state index in [0.29, 0.717) is 16.2 Å². The van der Waals surface area contributed by atoms with Gasteiger partial charge in [-0.3, -0.25) is 4.98 Å². The Kier molecular flexibility index (Phi) is 4.21. The van der Waals surface area contributed by atoms with Crippen LogP contribution in [-0.4, -0.2) is 26.1 Å². The van der Waals surface area contributed by atoms with Crippen LogP contribution < -0.4 is 0 Å². The number of hydrogen-bond donors (Lipinski definition) is 1. The topological polar surface area (TPSA) is 58.9 Å². The molecule has 0 aliphatic heterocycles. The molecule has 0 atom stereocenters. The van der Waals surface area contributed by atoms with E-state index in [1.807, 2.05) is 0 Å². The Bertz CT molecular complexity index is 888. The predicted octanol–water partition coefficient (Wildman–Crippen LogP) is 3.79. The van der Waals surface area contributed by atoms with Crippen molar-refractivity contribution in [2.75, 3.05) is 0 Å². The zero-order valence-corrected chi connectivity index (χ0v) is 13.5. The second kappa shape index (κ2) is 6.29. The number of pyridine rings is 1. The smallest absolute Gasteiger partial charge is 0.216 e. The van der Waals surface area contributed by atoms with E-state index in [1.165, 1.54) is 17.0 Å². The summed E-state index contributed by atoms with van der Waals surface area (Å²) in [6.45, 7) is 0. The minimum Gasteiger partial charge on any atom is -0.265 e. The Labute approximate surface area is 138 Å². The van der Waals surface area contributed by atoms with Crippen LogP contribution in [0.4, 0.5) is 4.39 Å². The summed E-state index contributed by atoms with van der Waals surface area (Å²) in [5.74, 6) is 0.159. The first-order chi connectivity index (χ1) is 10.6. The van der Waals surface area contributed by atoms with Crippen LogP contribution in [0.15, 0.2) is 52.3 Å². The molecule has 0 spiro atoms. The van der Waals surface area contributed by atoms with Crippen molar-refractivity contribution in [3.8, 4) is 11.4 Å². The Morgan fingerprint density at radius 2 is 2.05 bits per heavy atom. The van der Waals surface area contributed by atoms with Gasteiger partial charge in [-0.05, 0) is 42.5 Å². The summed E-state index contributed by atoms with van der Waals surface area (Å²) >= 11 is 8.46. The fourth-order valence-electron chi connectivity index (χ4n) is 1.82. The van der Waals surface area contributed by atoms with Crippen LogP contribution in [0.25, 0.3) is 11.4 Å². The number of benzene rings is 1. The van der Waals surface area contributed by atoms with Gasteiger partial charge in [0.25, 0.3) is 0 Å². The highest BCUT2D eigenvalue weighted by Gasteiger charge is 2.08. The summed E-state index contributed by atoms with van der Waals surface area (Å²) in [7, 11) is 0. The van der Waals surface area contributed by atoms with E-state index >= 15 is 0 Å².